The Labute approximate surface area is 133 Å². The summed E-state index contributed by atoms with van der Waals surface area (Å²) in [4.78, 5) is -0.441. The predicted molar refractivity (Wildman–Crippen MR) is 79.8 cm³/mol. The van der Waals surface area contributed by atoms with Gasteiger partial charge in [-0.2, -0.15) is 4.31 Å². The summed E-state index contributed by atoms with van der Waals surface area (Å²) in [7, 11) is -3.98. The van der Waals surface area contributed by atoms with E-state index in [9.17, 15) is 12.8 Å². The van der Waals surface area contributed by atoms with Crippen LogP contribution in [-0.2, 0) is 20.6 Å². The van der Waals surface area contributed by atoms with Crippen LogP contribution < -0.4 is 0 Å². The summed E-state index contributed by atoms with van der Waals surface area (Å²) in [5, 5.41) is 0.137. The third kappa shape index (κ3) is 3.51. The van der Waals surface area contributed by atoms with Gasteiger partial charge >= 0.3 is 0 Å². The van der Waals surface area contributed by atoms with Crippen molar-refractivity contribution >= 4 is 33.2 Å². The number of alkyl halides is 1. The lowest BCUT2D eigenvalue weighted by Gasteiger charge is -2.37. The highest BCUT2D eigenvalue weighted by atomic mass is 35.5. The van der Waals surface area contributed by atoms with Crippen LogP contribution in [0.15, 0.2) is 17.0 Å². The summed E-state index contributed by atoms with van der Waals surface area (Å²) in [5.41, 5.74) is -0.550. The molecule has 1 aliphatic heterocycles. The molecule has 8 heteroatoms. The van der Waals surface area contributed by atoms with E-state index in [2.05, 4.69) is 0 Å². The Morgan fingerprint density at radius 3 is 2.67 bits per heavy atom. The Bertz CT molecular complexity index is 649. The van der Waals surface area contributed by atoms with Crippen molar-refractivity contribution in [2.75, 3.05) is 19.7 Å². The molecule has 1 aromatic carbocycles. The van der Waals surface area contributed by atoms with Crippen molar-refractivity contribution in [2.45, 2.75) is 30.2 Å². The van der Waals surface area contributed by atoms with Crippen LogP contribution in [-0.4, -0.2) is 38.0 Å². The smallest absolute Gasteiger partial charge is 0.246 e. The van der Waals surface area contributed by atoms with E-state index in [0.29, 0.717) is 0 Å². The molecule has 1 heterocycles. The van der Waals surface area contributed by atoms with E-state index in [1.54, 1.807) is 13.8 Å². The van der Waals surface area contributed by atoms with Crippen molar-refractivity contribution in [1.82, 2.24) is 4.31 Å². The topological polar surface area (TPSA) is 46.6 Å². The maximum Gasteiger partial charge on any atom is 0.246 e. The molecule has 0 bridgehead atoms. The van der Waals surface area contributed by atoms with Gasteiger partial charge in [-0.25, -0.2) is 12.8 Å². The lowest BCUT2D eigenvalue weighted by atomic mass is 10.1. The minimum absolute atomic E-state index is 0.0651. The second-order valence-corrected chi connectivity index (χ2v) is 8.07. The number of ether oxygens (including phenoxy) is 1. The van der Waals surface area contributed by atoms with Crippen LogP contribution in [0.1, 0.15) is 19.4 Å². The SMILES string of the molecule is CC1(C)CN(S(=O)(=O)c2cc(Cl)cc(CCl)c2F)CCO1. The summed E-state index contributed by atoms with van der Waals surface area (Å²) in [6.45, 7) is 4.16. The van der Waals surface area contributed by atoms with Crippen LogP contribution in [0, 0.1) is 5.82 Å². The molecule has 0 aromatic heterocycles. The van der Waals surface area contributed by atoms with Crippen molar-refractivity contribution in [3.8, 4) is 0 Å². The van der Waals surface area contributed by atoms with E-state index >= 15 is 0 Å². The molecule has 0 saturated carbocycles. The van der Waals surface area contributed by atoms with Crippen molar-refractivity contribution in [3.05, 3.63) is 28.5 Å². The van der Waals surface area contributed by atoms with Gasteiger partial charge in [-0.05, 0) is 26.0 Å². The summed E-state index contributed by atoms with van der Waals surface area (Å²) < 4.78 is 46.3. The summed E-state index contributed by atoms with van der Waals surface area (Å²) in [6.07, 6.45) is 0. The molecule has 0 unspecified atom stereocenters. The largest absolute Gasteiger partial charge is 0.373 e. The normalized spacial score (nSPS) is 19.7. The Morgan fingerprint density at radius 2 is 2.10 bits per heavy atom. The first-order valence-electron chi connectivity index (χ1n) is 6.35. The first-order valence-corrected chi connectivity index (χ1v) is 8.70. The molecule has 21 heavy (non-hydrogen) atoms. The van der Waals surface area contributed by atoms with Crippen molar-refractivity contribution in [2.24, 2.45) is 0 Å². The molecule has 1 fully saturated rings. The van der Waals surface area contributed by atoms with Crippen molar-refractivity contribution in [3.63, 3.8) is 0 Å². The average Bonchev–Trinajstić information content (AvgIpc) is 2.39. The highest BCUT2D eigenvalue weighted by molar-refractivity contribution is 7.89. The molecule has 1 aliphatic rings. The van der Waals surface area contributed by atoms with Gasteiger partial charge in [0.1, 0.15) is 10.7 Å². The molecular formula is C13H16Cl2FNO3S. The Kier molecular flexibility index (Phi) is 4.85. The summed E-state index contributed by atoms with van der Waals surface area (Å²) in [5.74, 6) is -0.998. The van der Waals surface area contributed by atoms with Crippen LogP contribution in [0.2, 0.25) is 5.02 Å². The minimum Gasteiger partial charge on any atom is -0.373 e. The van der Waals surface area contributed by atoms with Gasteiger partial charge in [0.2, 0.25) is 10.0 Å². The Morgan fingerprint density at radius 1 is 1.43 bits per heavy atom. The highest BCUT2D eigenvalue weighted by Gasteiger charge is 2.36. The molecule has 0 aliphatic carbocycles. The van der Waals surface area contributed by atoms with Crippen LogP contribution in [0.4, 0.5) is 4.39 Å². The second kappa shape index (κ2) is 6.01. The van der Waals surface area contributed by atoms with E-state index in [1.807, 2.05) is 0 Å². The highest BCUT2D eigenvalue weighted by Crippen LogP contribution is 2.29. The van der Waals surface area contributed by atoms with Gasteiger partial charge < -0.3 is 4.74 Å². The molecule has 4 nitrogen and oxygen atoms in total. The Hall–Kier alpha value is -0.400. The first kappa shape index (κ1) is 17.0. The monoisotopic (exact) mass is 355 g/mol. The van der Waals surface area contributed by atoms with E-state index in [1.165, 1.54) is 10.4 Å². The fourth-order valence-electron chi connectivity index (χ4n) is 2.22. The zero-order valence-corrected chi connectivity index (χ0v) is 14.0. The summed E-state index contributed by atoms with van der Waals surface area (Å²) in [6, 6.07) is 2.44. The quantitative estimate of drug-likeness (QED) is 0.783. The maximum absolute atomic E-state index is 14.3. The van der Waals surface area contributed by atoms with Crippen LogP contribution in [0.3, 0.4) is 0 Å². The standard InChI is InChI=1S/C13H16Cl2FNO3S/c1-13(2)8-17(3-4-20-13)21(18,19)11-6-10(15)5-9(7-14)12(11)16/h5-6H,3-4,7-8H2,1-2H3. The number of sulfonamides is 1. The Balaban J connectivity index is 2.47. The van der Waals surface area contributed by atoms with E-state index in [0.717, 1.165) is 6.07 Å². The van der Waals surface area contributed by atoms with Gasteiger partial charge in [-0.1, -0.05) is 11.6 Å². The fraction of sp³-hybridized carbons (Fsp3) is 0.538. The number of hydrogen-bond acceptors (Lipinski definition) is 3. The number of nitrogens with zero attached hydrogens (tertiary/aromatic N) is 1. The number of morpholine rings is 1. The first-order chi connectivity index (χ1) is 9.67. The van der Waals surface area contributed by atoms with Gasteiger partial charge in [-0.15, -0.1) is 11.6 Å². The van der Waals surface area contributed by atoms with Gasteiger partial charge in [-0.3, -0.25) is 0 Å². The van der Waals surface area contributed by atoms with E-state index in [4.69, 9.17) is 27.9 Å². The van der Waals surface area contributed by atoms with E-state index < -0.39 is 26.3 Å². The van der Waals surface area contributed by atoms with Crippen LogP contribution >= 0.6 is 23.2 Å². The number of hydrogen-bond donors (Lipinski definition) is 0. The lowest BCUT2D eigenvalue weighted by Crippen LogP contribution is -2.50. The molecule has 0 atom stereocenters. The molecule has 2 rings (SSSR count). The van der Waals surface area contributed by atoms with Gasteiger partial charge in [0, 0.05) is 23.7 Å². The molecule has 0 N–H and O–H groups in total. The molecule has 0 amide bonds. The third-order valence-corrected chi connectivity index (χ3v) is 5.58. The number of benzene rings is 1. The fourth-order valence-corrected chi connectivity index (χ4v) is 4.43. The molecule has 1 saturated heterocycles. The average molecular weight is 356 g/mol. The minimum atomic E-state index is -3.98. The summed E-state index contributed by atoms with van der Waals surface area (Å²) >= 11 is 11.5. The maximum atomic E-state index is 14.3. The zero-order valence-electron chi connectivity index (χ0n) is 11.7. The molecule has 1 aromatic rings. The van der Waals surface area contributed by atoms with Crippen molar-refractivity contribution < 1.29 is 17.5 Å². The zero-order chi connectivity index (χ0) is 15.8. The van der Waals surface area contributed by atoms with Gasteiger partial charge in [0.25, 0.3) is 0 Å². The molecular weight excluding hydrogens is 340 g/mol. The second-order valence-electron chi connectivity index (χ2n) is 5.46. The third-order valence-electron chi connectivity index (χ3n) is 3.23. The molecule has 118 valence electrons. The van der Waals surface area contributed by atoms with Crippen LogP contribution in [0.25, 0.3) is 0 Å². The van der Waals surface area contributed by atoms with Crippen LogP contribution in [0.5, 0.6) is 0 Å². The lowest BCUT2D eigenvalue weighted by molar-refractivity contribution is -0.0640. The predicted octanol–water partition coefficient (Wildman–Crippen LogP) is 3.02. The van der Waals surface area contributed by atoms with Gasteiger partial charge in [0.15, 0.2) is 0 Å². The molecule has 0 spiro atoms. The number of rotatable bonds is 3. The van der Waals surface area contributed by atoms with Gasteiger partial charge in [0.05, 0.1) is 18.1 Å². The van der Waals surface area contributed by atoms with E-state index in [-0.39, 0.29) is 36.2 Å². The number of halogens is 3. The molecule has 0 radical (unpaired) electrons. The van der Waals surface area contributed by atoms with Crippen molar-refractivity contribution in [1.29, 1.82) is 0 Å².